The van der Waals surface area contributed by atoms with E-state index in [1.807, 2.05) is 6.92 Å². The largest absolute Gasteiger partial charge is 0.506 e. The molecule has 0 fully saturated rings. The van der Waals surface area contributed by atoms with Crippen molar-refractivity contribution in [2.75, 3.05) is 5.73 Å². The maximum Gasteiger partial charge on any atom is 0.137 e. The zero-order chi connectivity index (χ0) is 8.97. The fraction of sp³-hybridized carbons (Fsp3) is 0.222. The monoisotopic (exact) mass is 164 g/mol. The maximum absolute atomic E-state index is 9.37. The number of anilines is 1. The number of hydrogen-bond acceptors (Lipinski definition) is 3. The summed E-state index contributed by atoms with van der Waals surface area (Å²) in [6.07, 6.45) is 4.02. The van der Waals surface area contributed by atoms with E-state index in [0.717, 1.165) is 6.42 Å². The number of nitrogens with zero attached hydrogens (tertiary/aromatic N) is 1. The van der Waals surface area contributed by atoms with Crippen molar-refractivity contribution in [3.63, 3.8) is 0 Å². The molecule has 1 aromatic heterocycles. The lowest BCUT2D eigenvalue weighted by Gasteiger charge is -1.98. The van der Waals surface area contributed by atoms with Crippen molar-refractivity contribution in [2.24, 2.45) is 0 Å². The molecule has 0 saturated carbocycles. The third kappa shape index (κ3) is 1.99. The summed E-state index contributed by atoms with van der Waals surface area (Å²) in [5.74, 6) is 0.206. The SMILES string of the molecule is CC/C=C(/O)c1ccc(N)cn1. The molecule has 0 bridgehead atoms. The van der Waals surface area contributed by atoms with E-state index in [4.69, 9.17) is 5.73 Å². The molecule has 3 nitrogen and oxygen atoms in total. The average Bonchev–Trinajstić information content (AvgIpc) is 2.06. The number of aromatic nitrogens is 1. The Morgan fingerprint density at radius 2 is 2.42 bits per heavy atom. The van der Waals surface area contributed by atoms with Gasteiger partial charge in [0.05, 0.1) is 11.9 Å². The van der Waals surface area contributed by atoms with Crippen LogP contribution in [-0.2, 0) is 0 Å². The molecule has 0 spiro atoms. The highest BCUT2D eigenvalue weighted by Crippen LogP contribution is 2.09. The molecule has 1 aromatic rings. The summed E-state index contributed by atoms with van der Waals surface area (Å²) in [5, 5.41) is 9.37. The molecule has 1 rings (SSSR count). The Labute approximate surface area is 71.6 Å². The van der Waals surface area contributed by atoms with Crippen molar-refractivity contribution >= 4 is 11.4 Å². The van der Waals surface area contributed by atoms with Crippen LogP contribution in [0.3, 0.4) is 0 Å². The lowest BCUT2D eigenvalue weighted by atomic mass is 10.2. The number of allylic oxidation sites excluding steroid dienone is 1. The van der Waals surface area contributed by atoms with Crippen molar-refractivity contribution in [1.82, 2.24) is 4.98 Å². The summed E-state index contributed by atoms with van der Waals surface area (Å²) < 4.78 is 0. The van der Waals surface area contributed by atoms with Gasteiger partial charge in [0.25, 0.3) is 0 Å². The molecule has 0 radical (unpaired) electrons. The quantitative estimate of drug-likeness (QED) is 0.657. The number of rotatable bonds is 2. The van der Waals surface area contributed by atoms with Crippen LogP contribution in [-0.4, -0.2) is 10.1 Å². The molecule has 0 amide bonds. The highest BCUT2D eigenvalue weighted by Gasteiger charge is 1.97. The first kappa shape index (κ1) is 8.59. The number of nitrogen functional groups attached to an aromatic ring is 1. The summed E-state index contributed by atoms with van der Waals surface area (Å²) in [6, 6.07) is 3.40. The molecule has 12 heavy (non-hydrogen) atoms. The highest BCUT2D eigenvalue weighted by atomic mass is 16.3. The van der Waals surface area contributed by atoms with Crippen molar-refractivity contribution < 1.29 is 5.11 Å². The second-order valence-electron chi connectivity index (χ2n) is 2.47. The Bertz CT molecular complexity index is 277. The first-order valence-electron chi connectivity index (χ1n) is 3.85. The molecular weight excluding hydrogens is 152 g/mol. The molecule has 0 aliphatic rings. The minimum Gasteiger partial charge on any atom is -0.506 e. The Hall–Kier alpha value is -1.51. The Morgan fingerprint density at radius 1 is 1.67 bits per heavy atom. The van der Waals surface area contributed by atoms with Crippen LogP contribution in [0.25, 0.3) is 5.76 Å². The molecular formula is C9H12N2O. The molecule has 64 valence electrons. The fourth-order valence-electron chi connectivity index (χ4n) is 0.855. The van der Waals surface area contributed by atoms with Gasteiger partial charge in [-0.3, -0.25) is 4.98 Å². The van der Waals surface area contributed by atoms with Gasteiger partial charge < -0.3 is 10.8 Å². The second kappa shape index (κ2) is 3.76. The molecule has 0 aliphatic carbocycles. The standard InChI is InChI=1S/C9H12N2O/c1-2-3-9(12)8-5-4-7(10)6-11-8/h3-6,12H,2,10H2,1H3/b9-3+. The van der Waals surface area contributed by atoms with Crippen LogP contribution in [0, 0.1) is 0 Å². The number of hydrogen-bond donors (Lipinski definition) is 2. The van der Waals surface area contributed by atoms with E-state index in [2.05, 4.69) is 4.98 Å². The minimum absolute atomic E-state index is 0.206. The molecule has 3 N–H and O–H groups in total. The van der Waals surface area contributed by atoms with Gasteiger partial charge in [-0.1, -0.05) is 6.92 Å². The summed E-state index contributed by atoms with van der Waals surface area (Å²) in [4.78, 5) is 3.95. The van der Waals surface area contributed by atoms with Gasteiger partial charge in [0.2, 0.25) is 0 Å². The molecule has 0 unspecified atom stereocenters. The van der Waals surface area contributed by atoms with Gasteiger partial charge in [-0.25, -0.2) is 0 Å². The van der Waals surface area contributed by atoms with Crippen LogP contribution in [0.1, 0.15) is 19.0 Å². The van der Waals surface area contributed by atoms with E-state index in [9.17, 15) is 5.11 Å². The summed E-state index contributed by atoms with van der Waals surface area (Å²) in [5.41, 5.74) is 6.60. The van der Waals surface area contributed by atoms with Gasteiger partial charge in [-0.15, -0.1) is 0 Å². The molecule has 0 atom stereocenters. The van der Waals surface area contributed by atoms with Crippen LogP contribution < -0.4 is 5.73 Å². The van der Waals surface area contributed by atoms with E-state index in [1.165, 1.54) is 6.20 Å². The number of aliphatic hydroxyl groups excluding tert-OH is 1. The van der Waals surface area contributed by atoms with Crippen molar-refractivity contribution in [3.8, 4) is 0 Å². The van der Waals surface area contributed by atoms with Gasteiger partial charge in [-0.2, -0.15) is 0 Å². The van der Waals surface area contributed by atoms with Gasteiger partial charge in [0, 0.05) is 0 Å². The van der Waals surface area contributed by atoms with Crippen LogP contribution in [0.15, 0.2) is 24.4 Å². The summed E-state index contributed by atoms with van der Waals surface area (Å²) in [6.45, 7) is 1.95. The summed E-state index contributed by atoms with van der Waals surface area (Å²) in [7, 11) is 0. The first-order chi connectivity index (χ1) is 5.74. The first-order valence-corrected chi connectivity index (χ1v) is 3.85. The lowest BCUT2D eigenvalue weighted by Crippen LogP contribution is -1.90. The van der Waals surface area contributed by atoms with E-state index < -0.39 is 0 Å². The third-order valence-corrected chi connectivity index (χ3v) is 1.45. The van der Waals surface area contributed by atoms with E-state index in [0.29, 0.717) is 11.4 Å². The summed E-state index contributed by atoms with van der Waals surface area (Å²) >= 11 is 0. The molecule has 3 heteroatoms. The van der Waals surface area contributed by atoms with Crippen molar-refractivity contribution in [3.05, 3.63) is 30.1 Å². The highest BCUT2D eigenvalue weighted by molar-refractivity contribution is 5.55. The topological polar surface area (TPSA) is 59.1 Å². The van der Waals surface area contributed by atoms with Gasteiger partial charge in [0.1, 0.15) is 11.5 Å². The molecule has 1 heterocycles. The molecule has 0 saturated heterocycles. The van der Waals surface area contributed by atoms with E-state index in [-0.39, 0.29) is 5.76 Å². The van der Waals surface area contributed by atoms with Crippen LogP contribution in [0.5, 0.6) is 0 Å². The van der Waals surface area contributed by atoms with Crippen molar-refractivity contribution in [2.45, 2.75) is 13.3 Å². The van der Waals surface area contributed by atoms with Crippen LogP contribution >= 0.6 is 0 Å². The zero-order valence-corrected chi connectivity index (χ0v) is 6.99. The molecule has 0 aromatic carbocycles. The Morgan fingerprint density at radius 3 is 2.92 bits per heavy atom. The number of nitrogens with two attached hydrogens (primary N) is 1. The molecule has 0 aliphatic heterocycles. The maximum atomic E-state index is 9.37. The predicted octanol–water partition coefficient (Wildman–Crippen LogP) is 1.97. The normalized spacial score (nSPS) is 11.6. The van der Waals surface area contributed by atoms with Gasteiger partial charge >= 0.3 is 0 Å². The third-order valence-electron chi connectivity index (χ3n) is 1.45. The van der Waals surface area contributed by atoms with Crippen LogP contribution in [0.2, 0.25) is 0 Å². The zero-order valence-electron chi connectivity index (χ0n) is 6.99. The van der Waals surface area contributed by atoms with E-state index in [1.54, 1.807) is 18.2 Å². The van der Waals surface area contributed by atoms with E-state index >= 15 is 0 Å². The van der Waals surface area contributed by atoms with Crippen molar-refractivity contribution in [1.29, 1.82) is 0 Å². The fourth-order valence-corrected chi connectivity index (χ4v) is 0.855. The van der Waals surface area contributed by atoms with Gasteiger partial charge in [-0.05, 0) is 24.6 Å². The Balaban J connectivity index is 2.89. The lowest BCUT2D eigenvalue weighted by molar-refractivity contribution is 0.506. The predicted molar refractivity (Wildman–Crippen MR) is 49.5 cm³/mol. The van der Waals surface area contributed by atoms with Crippen LogP contribution in [0.4, 0.5) is 5.69 Å². The number of aliphatic hydroxyl groups is 1. The van der Waals surface area contributed by atoms with Gasteiger partial charge in [0.15, 0.2) is 0 Å². The minimum atomic E-state index is 0.206. The Kier molecular flexibility index (Phi) is 2.69. The smallest absolute Gasteiger partial charge is 0.137 e. The average molecular weight is 164 g/mol. The number of pyridine rings is 1. The second-order valence-corrected chi connectivity index (χ2v) is 2.47.